The van der Waals surface area contributed by atoms with Gasteiger partial charge >= 0.3 is 6.18 Å². The zero-order chi connectivity index (χ0) is 24.6. The van der Waals surface area contributed by atoms with Crippen LogP contribution in [-0.2, 0) is 0 Å². The number of benzene rings is 2. The summed E-state index contributed by atoms with van der Waals surface area (Å²) in [6, 6.07) is 6.78. The van der Waals surface area contributed by atoms with Crippen molar-refractivity contribution in [2.24, 2.45) is 0 Å². The van der Waals surface area contributed by atoms with Gasteiger partial charge < -0.3 is 20.1 Å². The summed E-state index contributed by atoms with van der Waals surface area (Å²) in [7, 11) is 2.90. The van der Waals surface area contributed by atoms with Gasteiger partial charge in [0, 0.05) is 6.42 Å². The van der Waals surface area contributed by atoms with E-state index < -0.39 is 24.2 Å². The Morgan fingerprint density at radius 2 is 1.91 bits per heavy atom. The second kappa shape index (κ2) is 9.27. The molecule has 180 valence electrons. The molecule has 2 N–H and O–H groups in total. The van der Waals surface area contributed by atoms with Crippen LogP contribution in [0.2, 0.25) is 10.0 Å². The summed E-state index contributed by atoms with van der Waals surface area (Å²) in [6.07, 6.45) is -3.84. The maximum absolute atomic E-state index is 14.0. The first-order valence-electron chi connectivity index (χ1n) is 10.0. The average molecular weight is 515 g/mol. The molecule has 1 aliphatic rings. The Balaban J connectivity index is 1.71. The van der Waals surface area contributed by atoms with Crippen molar-refractivity contribution in [1.82, 2.24) is 9.78 Å². The summed E-state index contributed by atoms with van der Waals surface area (Å²) in [6.45, 7) is 0. The number of aromatic nitrogens is 2. The molecule has 12 heteroatoms. The monoisotopic (exact) mass is 514 g/mol. The Labute approximate surface area is 202 Å². The second-order valence-corrected chi connectivity index (χ2v) is 8.30. The summed E-state index contributed by atoms with van der Waals surface area (Å²) in [5.74, 6) is 0.0618. The number of halogens is 5. The van der Waals surface area contributed by atoms with Crippen LogP contribution in [-0.4, -0.2) is 36.1 Å². The van der Waals surface area contributed by atoms with Crippen molar-refractivity contribution in [3.05, 3.63) is 63.8 Å². The zero-order valence-electron chi connectivity index (χ0n) is 17.9. The van der Waals surface area contributed by atoms with E-state index in [-0.39, 0.29) is 33.5 Å². The van der Waals surface area contributed by atoms with Gasteiger partial charge in [0.2, 0.25) is 0 Å². The summed E-state index contributed by atoms with van der Waals surface area (Å²) in [4.78, 5) is 13.0. The second-order valence-electron chi connectivity index (χ2n) is 7.51. The van der Waals surface area contributed by atoms with Gasteiger partial charge in [0.05, 0.1) is 42.2 Å². The first kappa shape index (κ1) is 24.0. The van der Waals surface area contributed by atoms with Crippen LogP contribution in [0.15, 0.2) is 42.6 Å². The van der Waals surface area contributed by atoms with Crippen LogP contribution in [0.3, 0.4) is 0 Å². The van der Waals surface area contributed by atoms with Crippen molar-refractivity contribution >= 4 is 40.6 Å². The molecule has 1 aliphatic heterocycles. The number of alkyl halides is 3. The van der Waals surface area contributed by atoms with E-state index >= 15 is 0 Å². The van der Waals surface area contributed by atoms with Gasteiger partial charge in [0.15, 0.2) is 17.5 Å². The molecule has 0 bridgehead atoms. The van der Waals surface area contributed by atoms with Crippen LogP contribution >= 0.6 is 23.2 Å². The molecule has 0 saturated heterocycles. The lowest BCUT2D eigenvalue weighted by molar-refractivity contribution is -0.173. The molecule has 7 nitrogen and oxygen atoms in total. The molecular formula is C22H19Cl2F3N4O3. The molecule has 1 amide bonds. The van der Waals surface area contributed by atoms with Gasteiger partial charge in [0.25, 0.3) is 5.91 Å². The number of methoxy groups -OCH3 is 2. The molecule has 4 rings (SSSR count). The smallest absolute Gasteiger partial charge is 0.410 e. The Morgan fingerprint density at radius 1 is 1.18 bits per heavy atom. The summed E-state index contributed by atoms with van der Waals surface area (Å²) in [5, 5.41) is 9.81. The molecule has 0 spiro atoms. The maximum Gasteiger partial charge on any atom is 0.410 e. The van der Waals surface area contributed by atoms with E-state index in [0.717, 1.165) is 10.9 Å². The number of nitrogens with zero attached hydrogens (tertiary/aromatic N) is 2. The molecule has 0 saturated carbocycles. The Kier molecular flexibility index (Phi) is 6.55. The Morgan fingerprint density at radius 3 is 2.59 bits per heavy atom. The average Bonchev–Trinajstić information content (AvgIpc) is 3.24. The highest BCUT2D eigenvalue weighted by molar-refractivity contribution is 6.44. The van der Waals surface area contributed by atoms with Crippen molar-refractivity contribution in [2.75, 3.05) is 24.9 Å². The molecule has 3 aromatic rings. The molecule has 2 heterocycles. The van der Waals surface area contributed by atoms with Crippen LogP contribution in [0.4, 0.5) is 24.7 Å². The van der Waals surface area contributed by atoms with Crippen molar-refractivity contribution in [3.63, 3.8) is 0 Å². The van der Waals surface area contributed by atoms with E-state index in [0.29, 0.717) is 17.1 Å². The summed E-state index contributed by atoms with van der Waals surface area (Å²) >= 11 is 12.1. The van der Waals surface area contributed by atoms with Crippen LogP contribution in [0.25, 0.3) is 0 Å². The number of fused-ring (bicyclic) bond motifs is 1. The van der Waals surface area contributed by atoms with Crippen molar-refractivity contribution in [3.8, 4) is 11.5 Å². The van der Waals surface area contributed by atoms with Crippen molar-refractivity contribution < 1.29 is 27.4 Å². The van der Waals surface area contributed by atoms with E-state index in [9.17, 15) is 18.0 Å². The number of rotatable bonds is 5. The Bertz CT molecular complexity index is 1230. The van der Waals surface area contributed by atoms with E-state index in [1.165, 1.54) is 20.3 Å². The quantitative estimate of drug-likeness (QED) is 0.428. The van der Waals surface area contributed by atoms with E-state index in [2.05, 4.69) is 15.7 Å². The van der Waals surface area contributed by atoms with Crippen LogP contribution < -0.4 is 20.1 Å². The van der Waals surface area contributed by atoms with Gasteiger partial charge in [-0.05, 0) is 29.8 Å². The lowest BCUT2D eigenvalue weighted by atomic mass is 9.96. The van der Waals surface area contributed by atoms with Gasteiger partial charge in [0.1, 0.15) is 11.4 Å². The van der Waals surface area contributed by atoms with Gasteiger partial charge in [-0.3, -0.25) is 4.79 Å². The Hall–Kier alpha value is -3.11. The fourth-order valence-electron chi connectivity index (χ4n) is 3.81. The molecule has 2 unspecified atom stereocenters. The third-order valence-electron chi connectivity index (χ3n) is 5.49. The number of hydrogen-bond donors (Lipinski definition) is 2. The number of nitrogens with one attached hydrogen (secondary N) is 2. The number of hydrogen-bond acceptors (Lipinski definition) is 5. The fraction of sp³-hybridized carbons (Fsp3) is 0.273. The molecule has 1 aromatic heterocycles. The number of anilines is 2. The minimum atomic E-state index is -4.60. The molecule has 0 aliphatic carbocycles. The maximum atomic E-state index is 14.0. The van der Waals surface area contributed by atoms with Gasteiger partial charge in [-0.2, -0.15) is 18.3 Å². The first-order valence-corrected chi connectivity index (χ1v) is 10.8. The topological polar surface area (TPSA) is 77.4 Å². The minimum Gasteiger partial charge on any atom is -0.493 e. The summed E-state index contributed by atoms with van der Waals surface area (Å²) < 4.78 is 53.2. The molecule has 2 aromatic carbocycles. The number of carbonyl (C=O) groups excluding carboxylic acids is 1. The number of amides is 1. The normalized spacial score (nSPS) is 17.5. The van der Waals surface area contributed by atoms with Crippen LogP contribution in [0, 0.1) is 0 Å². The van der Waals surface area contributed by atoms with Gasteiger partial charge in [-0.1, -0.05) is 35.3 Å². The minimum absolute atomic E-state index is 0.0657. The predicted molar refractivity (Wildman–Crippen MR) is 122 cm³/mol. The lowest BCUT2D eigenvalue weighted by Gasteiger charge is -2.34. The third-order valence-corrected chi connectivity index (χ3v) is 6.31. The van der Waals surface area contributed by atoms with Crippen molar-refractivity contribution in [2.45, 2.75) is 24.7 Å². The molecule has 0 fully saturated rings. The van der Waals surface area contributed by atoms with Crippen molar-refractivity contribution in [1.29, 1.82) is 0 Å². The lowest BCUT2D eigenvalue weighted by Crippen LogP contribution is -2.36. The highest BCUT2D eigenvalue weighted by Gasteiger charge is 2.47. The zero-order valence-corrected chi connectivity index (χ0v) is 19.4. The largest absolute Gasteiger partial charge is 0.493 e. The SMILES string of the molecule is COc1ccc(C2CC(C(F)(F)F)n3ncc(C(=O)Nc4cccc(Cl)c4Cl)c3N2)cc1OC. The van der Waals surface area contributed by atoms with Crippen LogP contribution in [0.1, 0.15) is 34.4 Å². The van der Waals surface area contributed by atoms with E-state index in [1.54, 1.807) is 30.3 Å². The molecule has 2 atom stereocenters. The standard InChI is InChI=1S/C22H19Cl2F3N4O3/c1-33-16-7-6-11(8-17(16)34-2)15-9-18(22(25,26)27)31-20(29-15)12(10-28-31)21(32)30-14-5-3-4-13(23)19(14)24/h3-8,10,15,18,29H,9H2,1-2H3,(H,30,32). The third kappa shape index (κ3) is 4.47. The number of carbonyl (C=O) groups is 1. The number of ether oxygens (including phenoxy) is 2. The summed E-state index contributed by atoms with van der Waals surface area (Å²) in [5.41, 5.74) is 0.679. The highest BCUT2D eigenvalue weighted by atomic mass is 35.5. The van der Waals surface area contributed by atoms with E-state index in [4.69, 9.17) is 32.7 Å². The van der Waals surface area contributed by atoms with Gasteiger partial charge in [-0.15, -0.1) is 0 Å². The van der Waals surface area contributed by atoms with E-state index in [1.807, 2.05) is 0 Å². The predicted octanol–water partition coefficient (Wildman–Crippen LogP) is 6.12. The fourth-order valence-corrected chi connectivity index (χ4v) is 4.15. The molecule has 34 heavy (non-hydrogen) atoms. The van der Waals surface area contributed by atoms with Gasteiger partial charge in [-0.25, -0.2) is 4.68 Å². The molecule has 0 radical (unpaired) electrons. The van der Waals surface area contributed by atoms with Crippen LogP contribution in [0.5, 0.6) is 11.5 Å². The highest BCUT2D eigenvalue weighted by Crippen LogP contribution is 2.45. The molecular weight excluding hydrogens is 496 g/mol. The first-order chi connectivity index (χ1) is 16.1.